The first-order valence-electron chi connectivity index (χ1n) is 10.6. The Kier molecular flexibility index (Phi) is 8.52. The standard InChI is InChI=1S/C24H25ClF3N3O2/c25-19-6-2-3-7-20(19)30-21(16-22(29)24(26,27)28)17-8-10-18(11-9-17)23(32)33-15-14-31-12-4-1-5-13-31/h2-3,6-11,16,29-30H,1,4-5,12-15H2/b21-16-,29-22?. The summed E-state index contributed by atoms with van der Waals surface area (Å²) in [5, 5.41) is 10.5. The maximum Gasteiger partial charge on any atom is 0.432 e. The summed E-state index contributed by atoms with van der Waals surface area (Å²) in [6.45, 7) is 2.97. The van der Waals surface area contributed by atoms with Crippen molar-refractivity contribution in [2.45, 2.75) is 25.4 Å². The van der Waals surface area contributed by atoms with Crippen LogP contribution < -0.4 is 5.32 Å². The lowest BCUT2D eigenvalue weighted by Gasteiger charge is -2.25. The summed E-state index contributed by atoms with van der Waals surface area (Å²) in [7, 11) is 0. The first-order chi connectivity index (χ1) is 15.7. The molecule has 176 valence electrons. The van der Waals surface area contributed by atoms with Crippen molar-refractivity contribution in [2.24, 2.45) is 0 Å². The van der Waals surface area contributed by atoms with Gasteiger partial charge in [-0.15, -0.1) is 0 Å². The number of anilines is 1. The van der Waals surface area contributed by atoms with E-state index in [2.05, 4.69) is 10.2 Å². The first-order valence-corrected chi connectivity index (χ1v) is 11.0. The van der Waals surface area contributed by atoms with E-state index in [9.17, 15) is 18.0 Å². The summed E-state index contributed by atoms with van der Waals surface area (Å²) >= 11 is 6.12. The van der Waals surface area contributed by atoms with E-state index in [0.717, 1.165) is 25.9 Å². The quantitative estimate of drug-likeness (QED) is 0.359. The second-order valence-corrected chi connectivity index (χ2v) is 8.10. The van der Waals surface area contributed by atoms with E-state index in [1.165, 1.54) is 30.7 Å². The molecule has 1 aliphatic rings. The second kappa shape index (κ2) is 11.3. The van der Waals surface area contributed by atoms with Gasteiger partial charge in [-0.1, -0.05) is 42.3 Å². The number of ether oxygens (including phenoxy) is 1. The number of rotatable bonds is 8. The molecule has 2 N–H and O–H groups in total. The smallest absolute Gasteiger partial charge is 0.432 e. The van der Waals surface area contributed by atoms with Crippen LogP contribution in [0.15, 0.2) is 54.6 Å². The third-order valence-electron chi connectivity index (χ3n) is 5.26. The van der Waals surface area contributed by atoms with E-state index in [4.69, 9.17) is 21.7 Å². The predicted octanol–water partition coefficient (Wildman–Crippen LogP) is 6.02. The first kappa shape index (κ1) is 24.8. The molecule has 2 aromatic carbocycles. The second-order valence-electron chi connectivity index (χ2n) is 7.69. The Hall–Kier alpha value is -2.84. The van der Waals surface area contributed by atoms with Crippen molar-refractivity contribution in [1.82, 2.24) is 4.90 Å². The summed E-state index contributed by atoms with van der Waals surface area (Å²) in [6, 6.07) is 12.6. The molecule has 1 heterocycles. The van der Waals surface area contributed by atoms with E-state index < -0.39 is 17.9 Å². The minimum Gasteiger partial charge on any atom is -0.461 e. The zero-order chi connectivity index (χ0) is 23.8. The van der Waals surface area contributed by atoms with Crippen LogP contribution >= 0.6 is 11.6 Å². The van der Waals surface area contributed by atoms with Crippen molar-refractivity contribution >= 4 is 34.7 Å². The van der Waals surface area contributed by atoms with Crippen LogP contribution in [-0.2, 0) is 4.74 Å². The fourth-order valence-electron chi connectivity index (χ4n) is 3.45. The number of esters is 1. The maximum atomic E-state index is 13.0. The van der Waals surface area contributed by atoms with Crippen molar-refractivity contribution in [3.05, 3.63) is 70.8 Å². The molecule has 1 aliphatic heterocycles. The number of likely N-dealkylation sites (tertiary alicyclic amines) is 1. The molecule has 0 bridgehead atoms. The third-order valence-corrected chi connectivity index (χ3v) is 5.59. The van der Waals surface area contributed by atoms with Crippen LogP contribution in [0, 0.1) is 5.41 Å². The van der Waals surface area contributed by atoms with Crippen LogP contribution in [0.4, 0.5) is 18.9 Å². The van der Waals surface area contributed by atoms with Gasteiger partial charge in [-0.25, -0.2) is 4.79 Å². The topological polar surface area (TPSA) is 65.4 Å². The van der Waals surface area contributed by atoms with E-state index >= 15 is 0 Å². The minimum atomic E-state index is -4.80. The maximum absolute atomic E-state index is 13.0. The van der Waals surface area contributed by atoms with Gasteiger partial charge in [-0.3, -0.25) is 10.3 Å². The zero-order valence-electron chi connectivity index (χ0n) is 17.9. The summed E-state index contributed by atoms with van der Waals surface area (Å²) in [6.07, 6.45) is -0.577. The SMILES string of the molecule is N=C(/C=C(\Nc1ccccc1Cl)c1ccc(C(=O)OCCN2CCCCC2)cc1)C(F)(F)F. The lowest BCUT2D eigenvalue weighted by Crippen LogP contribution is -2.33. The number of carbonyl (C=O) groups is 1. The Balaban J connectivity index is 1.71. The highest BCUT2D eigenvalue weighted by Gasteiger charge is 2.33. The highest BCUT2D eigenvalue weighted by molar-refractivity contribution is 6.33. The number of carbonyl (C=O) groups excluding carboxylic acids is 1. The third kappa shape index (κ3) is 7.33. The molecule has 33 heavy (non-hydrogen) atoms. The Morgan fingerprint density at radius 1 is 1.06 bits per heavy atom. The molecular weight excluding hydrogens is 455 g/mol. The van der Waals surface area contributed by atoms with E-state index in [0.29, 0.717) is 34.5 Å². The fraction of sp³-hybridized carbons (Fsp3) is 0.333. The number of hydrogen-bond donors (Lipinski definition) is 2. The fourth-order valence-corrected chi connectivity index (χ4v) is 3.63. The number of halogens is 4. The van der Waals surface area contributed by atoms with E-state index in [1.807, 2.05) is 0 Å². The molecule has 0 aromatic heterocycles. The van der Waals surface area contributed by atoms with Crippen molar-refractivity contribution in [3.8, 4) is 0 Å². The Morgan fingerprint density at radius 2 is 1.70 bits per heavy atom. The molecule has 0 unspecified atom stereocenters. The van der Waals surface area contributed by atoms with E-state index in [-0.39, 0.29) is 12.3 Å². The minimum absolute atomic E-state index is 0.0236. The molecule has 0 aliphatic carbocycles. The Labute approximate surface area is 195 Å². The van der Waals surface area contributed by atoms with Gasteiger partial charge in [0, 0.05) is 12.2 Å². The number of alkyl halides is 3. The Bertz CT molecular complexity index is 1000. The molecule has 1 fully saturated rings. The van der Waals surface area contributed by atoms with E-state index in [1.54, 1.807) is 24.3 Å². The zero-order valence-corrected chi connectivity index (χ0v) is 18.7. The number of nitrogens with zero attached hydrogens (tertiary/aromatic N) is 1. The van der Waals surface area contributed by atoms with Crippen molar-refractivity contribution in [2.75, 3.05) is 31.6 Å². The number of hydrogen-bond acceptors (Lipinski definition) is 5. The molecule has 9 heteroatoms. The average molecular weight is 480 g/mol. The number of allylic oxidation sites excluding steroid dienone is 1. The normalized spacial score (nSPS) is 15.2. The average Bonchev–Trinajstić information content (AvgIpc) is 2.80. The van der Waals surface area contributed by atoms with Crippen LogP contribution in [0.1, 0.15) is 35.2 Å². The van der Waals surface area contributed by atoms with Gasteiger partial charge in [-0.2, -0.15) is 13.2 Å². The van der Waals surface area contributed by atoms with Crippen LogP contribution in [0.3, 0.4) is 0 Å². The molecule has 1 saturated heterocycles. The van der Waals surface area contributed by atoms with Gasteiger partial charge in [0.2, 0.25) is 0 Å². The van der Waals surface area contributed by atoms with Crippen LogP contribution in [0.2, 0.25) is 5.02 Å². The van der Waals surface area contributed by atoms with Crippen molar-refractivity contribution < 1.29 is 22.7 Å². The van der Waals surface area contributed by atoms with Crippen LogP contribution in [-0.4, -0.2) is 49.0 Å². The molecular formula is C24H25ClF3N3O2. The summed E-state index contributed by atoms with van der Waals surface area (Å²) < 4.78 is 44.3. The van der Waals surface area contributed by atoms with Gasteiger partial charge in [0.15, 0.2) is 0 Å². The van der Waals surface area contributed by atoms with Crippen LogP contribution in [0.5, 0.6) is 0 Å². The predicted molar refractivity (Wildman–Crippen MR) is 124 cm³/mol. The molecule has 0 radical (unpaired) electrons. The molecule has 3 rings (SSSR count). The van der Waals surface area contributed by atoms with Crippen molar-refractivity contribution in [3.63, 3.8) is 0 Å². The number of nitrogens with one attached hydrogen (secondary N) is 2. The highest BCUT2D eigenvalue weighted by Crippen LogP contribution is 2.27. The molecule has 5 nitrogen and oxygen atoms in total. The molecule has 2 aromatic rings. The van der Waals surface area contributed by atoms with Gasteiger partial charge < -0.3 is 10.1 Å². The Morgan fingerprint density at radius 3 is 2.33 bits per heavy atom. The summed E-state index contributed by atoms with van der Waals surface area (Å²) in [5.74, 6) is -0.494. The van der Waals surface area contributed by atoms with Crippen LogP contribution in [0.25, 0.3) is 5.70 Å². The molecule has 0 saturated carbocycles. The highest BCUT2D eigenvalue weighted by atomic mass is 35.5. The number of benzene rings is 2. The van der Waals surface area contributed by atoms with Crippen molar-refractivity contribution in [1.29, 1.82) is 5.41 Å². The van der Waals surface area contributed by atoms with Gasteiger partial charge in [0.1, 0.15) is 12.3 Å². The molecule has 0 spiro atoms. The van der Waals surface area contributed by atoms with Gasteiger partial charge in [-0.05, 0) is 61.8 Å². The van der Waals surface area contributed by atoms with Gasteiger partial charge in [0.25, 0.3) is 0 Å². The number of piperidine rings is 1. The number of para-hydroxylation sites is 1. The van der Waals surface area contributed by atoms with Gasteiger partial charge in [0.05, 0.1) is 16.3 Å². The summed E-state index contributed by atoms with van der Waals surface area (Å²) in [5.41, 5.74) is -0.454. The summed E-state index contributed by atoms with van der Waals surface area (Å²) in [4.78, 5) is 14.6. The van der Waals surface area contributed by atoms with Gasteiger partial charge >= 0.3 is 12.1 Å². The largest absolute Gasteiger partial charge is 0.461 e. The molecule has 0 amide bonds. The molecule has 0 atom stereocenters. The monoisotopic (exact) mass is 479 g/mol. The lowest BCUT2D eigenvalue weighted by molar-refractivity contribution is -0.0583. The lowest BCUT2D eigenvalue weighted by atomic mass is 10.1.